The van der Waals surface area contributed by atoms with Crippen molar-refractivity contribution in [2.45, 2.75) is 58.9 Å². The minimum atomic E-state index is 0.235. The zero-order valence-corrected chi connectivity index (χ0v) is 11.4. The van der Waals surface area contributed by atoms with Crippen molar-refractivity contribution in [1.29, 1.82) is 0 Å². The Morgan fingerprint density at radius 2 is 1.94 bits per heavy atom. The van der Waals surface area contributed by atoms with E-state index in [9.17, 15) is 0 Å². The summed E-state index contributed by atoms with van der Waals surface area (Å²) in [4.78, 5) is 0. The van der Waals surface area contributed by atoms with E-state index in [1.54, 1.807) is 11.1 Å². The lowest BCUT2D eigenvalue weighted by Crippen LogP contribution is -2.38. The van der Waals surface area contributed by atoms with Crippen LogP contribution in [-0.2, 0) is 19.3 Å². The van der Waals surface area contributed by atoms with Gasteiger partial charge in [0.25, 0.3) is 0 Å². The second-order valence-corrected chi connectivity index (χ2v) is 6.11. The first-order chi connectivity index (χ1) is 8.03. The maximum Gasteiger partial charge on any atom is 0.0131 e. The highest BCUT2D eigenvalue weighted by atomic mass is 14.7. The normalized spacial score (nSPS) is 16.9. The van der Waals surface area contributed by atoms with Gasteiger partial charge < -0.3 is 5.73 Å². The van der Waals surface area contributed by atoms with E-state index in [-0.39, 0.29) is 11.5 Å². The van der Waals surface area contributed by atoms with Crippen LogP contribution >= 0.6 is 0 Å². The summed E-state index contributed by atoms with van der Waals surface area (Å²) in [7, 11) is 0. The Morgan fingerprint density at radius 1 is 1.24 bits per heavy atom. The molecule has 0 spiro atoms. The highest BCUT2D eigenvalue weighted by molar-refractivity contribution is 5.35. The minimum absolute atomic E-state index is 0.235. The molecule has 0 aliphatic heterocycles. The molecule has 2 rings (SSSR count). The number of hydrogen-bond acceptors (Lipinski definition) is 1. The molecule has 1 unspecified atom stereocenters. The first kappa shape index (κ1) is 12.6. The standard InChI is InChI=1S/C16H25N/c1-4-16(2,3)15(17)11-12-8-9-13-6-5-7-14(13)10-12/h8-10,15H,4-7,11,17H2,1-3H3. The third-order valence-electron chi connectivity index (χ3n) is 4.53. The molecule has 0 bridgehead atoms. The predicted octanol–water partition coefficient (Wildman–Crippen LogP) is 3.48. The monoisotopic (exact) mass is 231 g/mol. The van der Waals surface area contributed by atoms with E-state index >= 15 is 0 Å². The van der Waals surface area contributed by atoms with Crippen LogP contribution in [0.25, 0.3) is 0 Å². The molecular formula is C16H25N. The lowest BCUT2D eigenvalue weighted by Gasteiger charge is -2.30. The Bertz CT molecular complexity index is 393. The SMILES string of the molecule is CCC(C)(C)C(N)Cc1ccc2c(c1)CCC2. The van der Waals surface area contributed by atoms with Gasteiger partial charge in [0.15, 0.2) is 0 Å². The summed E-state index contributed by atoms with van der Waals surface area (Å²) in [6, 6.07) is 7.22. The molecule has 0 heterocycles. The quantitative estimate of drug-likeness (QED) is 0.843. The van der Waals surface area contributed by atoms with Crippen molar-refractivity contribution in [3.63, 3.8) is 0 Å². The van der Waals surface area contributed by atoms with E-state index in [0.29, 0.717) is 0 Å². The Labute approximate surface area is 105 Å². The summed E-state index contributed by atoms with van der Waals surface area (Å²) in [5.74, 6) is 0. The van der Waals surface area contributed by atoms with Crippen molar-refractivity contribution in [3.05, 3.63) is 34.9 Å². The molecule has 0 fully saturated rings. The van der Waals surface area contributed by atoms with Gasteiger partial charge >= 0.3 is 0 Å². The lowest BCUT2D eigenvalue weighted by molar-refractivity contribution is 0.272. The molecule has 0 aromatic heterocycles. The number of benzene rings is 1. The van der Waals surface area contributed by atoms with Crippen LogP contribution in [0.3, 0.4) is 0 Å². The topological polar surface area (TPSA) is 26.0 Å². The molecule has 1 aromatic rings. The molecule has 1 atom stereocenters. The molecule has 17 heavy (non-hydrogen) atoms. The maximum absolute atomic E-state index is 6.34. The number of fused-ring (bicyclic) bond motifs is 1. The first-order valence-corrected chi connectivity index (χ1v) is 6.89. The first-order valence-electron chi connectivity index (χ1n) is 6.89. The minimum Gasteiger partial charge on any atom is -0.327 e. The third-order valence-corrected chi connectivity index (χ3v) is 4.53. The third kappa shape index (κ3) is 2.71. The number of nitrogens with two attached hydrogens (primary N) is 1. The molecule has 0 radical (unpaired) electrons. The second kappa shape index (κ2) is 4.81. The number of rotatable bonds is 4. The summed E-state index contributed by atoms with van der Waals surface area (Å²) >= 11 is 0. The Hall–Kier alpha value is -0.820. The Balaban J connectivity index is 2.09. The summed E-state index contributed by atoms with van der Waals surface area (Å²) < 4.78 is 0. The smallest absolute Gasteiger partial charge is 0.0131 e. The summed E-state index contributed by atoms with van der Waals surface area (Å²) in [6.45, 7) is 6.76. The van der Waals surface area contributed by atoms with E-state index in [4.69, 9.17) is 5.73 Å². The molecule has 0 amide bonds. The van der Waals surface area contributed by atoms with Crippen LogP contribution in [0.4, 0.5) is 0 Å². The van der Waals surface area contributed by atoms with Crippen LogP contribution in [0.2, 0.25) is 0 Å². The Morgan fingerprint density at radius 3 is 2.65 bits per heavy atom. The van der Waals surface area contributed by atoms with Gasteiger partial charge in [0, 0.05) is 6.04 Å². The molecule has 0 saturated heterocycles. The number of hydrogen-bond donors (Lipinski definition) is 1. The lowest BCUT2D eigenvalue weighted by atomic mass is 9.79. The van der Waals surface area contributed by atoms with Crippen molar-refractivity contribution in [1.82, 2.24) is 0 Å². The molecule has 1 aromatic carbocycles. The Kier molecular flexibility index (Phi) is 3.58. The van der Waals surface area contributed by atoms with Crippen LogP contribution < -0.4 is 5.73 Å². The van der Waals surface area contributed by atoms with Gasteiger partial charge in [-0.05, 0) is 54.2 Å². The molecule has 1 heteroatoms. The predicted molar refractivity (Wildman–Crippen MR) is 74.2 cm³/mol. The highest BCUT2D eigenvalue weighted by Gasteiger charge is 2.24. The summed E-state index contributed by atoms with van der Waals surface area (Å²) in [5, 5.41) is 0. The largest absolute Gasteiger partial charge is 0.327 e. The molecule has 94 valence electrons. The fourth-order valence-corrected chi connectivity index (χ4v) is 2.54. The fraction of sp³-hybridized carbons (Fsp3) is 0.625. The molecule has 2 N–H and O–H groups in total. The van der Waals surface area contributed by atoms with E-state index in [0.717, 1.165) is 12.8 Å². The van der Waals surface area contributed by atoms with E-state index in [2.05, 4.69) is 39.0 Å². The zero-order chi connectivity index (χ0) is 12.5. The van der Waals surface area contributed by atoms with Crippen molar-refractivity contribution < 1.29 is 0 Å². The van der Waals surface area contributed by atoms with Crippen LogP contribution in [0.5, 0.6) is 0 Å². The van der Waals surface area contributed by atoms with Gasteiger partial charge in [-0.3, -0.25) is 0 Å². The second-order valence-electron chi connectivity index (χ2n) is 6.11. The van der Waals surface area contributed by atoms with Gasteiger partial charge in [-0.2, -0.15) is 0 Å². The van der Waals surface area contributed by atoms with Gasteiger partial charge in [0.05, 0.1) is 0 Å². The van der Waals surface area contributed by atoms with Crippen molar-refractivity contribution in [2.24, 2.45) is 11.1 Å². The van der Waals surface area contributed by atoms with Crippen molar-refractivity contribution in [2.75, 3.05) is 0 Å². The van der Waals surface area contributed by atoms with Crippen LogP contribution in [0, 0.1) is 5.41 Å². The van der Waals surface area contributed by atoms with Gasteiger partial charge in [-0.15, -0.1) is 0 Å². The molecular weight excluding hydrogens is 206 g/mol. The molecule has 0 saturated carbocycles. The van der Waals surface area contributed by atoms with Gasteiger partial charge in [-0.25, -0.2) is 0 Å². The van der Waals surface area contributed by atoms with Gasteiger partial charge in [0.1, 0.15) is 0 Å². The van der Waals surface area contributed by atoms with Crippen LogP contribution in [0.1, 0.15) is 50.3 Å². The van der Waals surface area contributed by atoms with E-state index < -0.39 is 0 Å². The summed E-state index contributed by atoms with van der Waals surface area (Å²) in [6.07, 6.45) is 6.00. The van der Waals surface area contributed by atoms with E-state index in [1.807, 2.05) is 0 Å². The maximum atomic E-state index is 6.34. The van der Waals surface area contributed by atoms with Crippen molar-refractivity contribution >= 4 is 0 Å². The molecule has 1 nitrogen and oxygen atoms in total. The van der Waals surface area contributed by atoms with E-state index in [1.165, 1.54) is 24.8 Å². The average molecular weight is 231 g/mol. The molecule has 1 aliphatic rings. The van der Waals surface area contributed by atoms with Crippen molar-refractivity contribution in [3.8, 4) is 0 Å². The zero-order valence-electron chi connectivity index (χ0n) is 11.4. The summed E-state index contributed by atoms with van der Waals surface area (Å²) in [5.41, 5.74) is 11.1. The fourth-order valence-electron chi connectivity index (χ4n) is 2.54. The number of aryl methyl sites for hydroxylation is 2. The van der Waals surface area contributed by atoms with Gasteiger partial charge in [0.2, 0.25) is 0 Å². The van der Waals surface area contributed by atoms with Crippen LogP contribution in [-0.4, -0.2) is 6.04 Å². The van der Waals surface area contributed by atoms with Crippen LogP contribution in [0.15, 0.2) is 18.2 Å². The van der Waals surface area contributed by atoms with Gasteiger partial charge in [-0.1, -0.05) is 39.0 Å². The molecule has 1 aliphatic carbocycles. The average Bonchev–Trinajstić information content (AvgIpc) is 2.76. The highest BCUT2D eigenvalue weighted by Crippen LogP contribution is 2.28.